The molecule has 9 heteroatoms. The van der Waals surface area contributed by atoms with Crippen LogP contribution >= 0.6 is 0 Å². The van der Waals surface area contributed by atoms with E-state index in [2.05, 4.69) is 20.4 Å². The molecule has 3 N–H and O–H groups in total. The highest BCUT2D eigenvalue weighted by Gasteiger charge is 2.23. The van der Waals surface area contributed by atoms with E-state index in [0.717, 1.165) is 5.56 Å². The van der Waals surface area contributed by atoms with Crippen molar-refractivity contribution in [2.24, 2.45) is 5.10 Å². The molecule has 0 saturated heterocycles. The molecule has 9 nitrogen and oxygen atoms in total. The molecular weight excluding hydrogens is 408 g/mol. The lowest BCUT2D eigenvalue weighted by Crippen LogP contribution is -2.26. The maximum Gasteiger partial charge on any atom is 0.257 e. The lowest BCUT2D eigenvalue weighted by atomic mass is 10.2. The smallest absolute Gasteiger partial charge is 0.257 e. The molecule has 0 unspecified atom stereocenters. The Morgan fingerprint density at radius 3 is 2.69 bits per heavy atom. The highest BCUT2D eigenvalue weighted by Crippen LogP contribution is 2.27. The van der Waals surface area contributed by atoms with Gasteiger partial charge in [-0.25, -0.2) is 9.97 Å². The van der Waals surface area contributed by atoms with E-state index >= 15 is 0 Å². The molecule has 4 rings (SSSR count). The standard InChI is InChI=1S/C23H24N6O3/c1-31-12-6-11-25-23(30)19-20-22(28-18-10-4-3-9-17(18)27-20)29(21(19)24)26-14-15-7-5-8-16(13-15)32-2/h3-5,7-10,13-14H,6,11-12,24H2,1-2H3,(H,25,30). The fraction of sp³-hybridized carbons (Fsp3) is 0.217. The highest BCUT2D eigenvalue weighted by atomic mass is 16.5. The third-order valence-corrected chi connectivity index (χ3v) is 4.93. The molecule has 0 spiro atoms. The number of ether oxygens (including phenoxy) is 2. The molecular formula is C23H24N6O3. The zero-order valence-corrected chi connectivity index (χ0v) is 17.9. The number of benzene rings is 2. The molecule has 0 bridgehead atoms. The van der Waals surface area contributed by atoms with Crippen LogP contribution in [0.15, 0.2) is 53.6 Å². The van der Waals surface area contributed by atoms with Crippen molar-refractivity contribution in [3.05, 3.63) is 59.7 Å². The summed E-state index contributed by atoms with van der Waals surface area (Å²) in [5.74, 6) is 0.545. The summed E-state index contributed by atoms with van der Waals surface area (Å²) in [5, 5.41) is 7.38. The van der Waals surface area contributed by atoms with Crippen molar-refractivity contribution in [3.8, 4) is 5.75 Å². The Morgan fingerprint density at radius 2 is 1.94 bits per heavy atom. The summed E-state index contributed by atoms with van der Waals surface area (Å²) in [4.78, 5) is 22.3. The molecule has 4 aromatic rings. The number of hydrogen-bond acceptors (Lipinski definition) is 7. The summed E-state index contributed by atoms with van der Waals surface area (Å²) in [6.07, 6.45) is 2.32. The number of carbonyl (C=O) groups excluding carboxylic acids is 1. The topological polar surface area (TPSA) is 117 Å². The summed E-state index contributed by atoms with van der Waals surface area (Å²) in [6.45, 7) is 1.000. The van der Waals surface area contributed by atoms with Crippen molar-refractivity contribution in [2.45, 2.75) is 6.42 Å². The predicted molar refractivity (Wildman–Crippen MR) is 124 cm³/mol. The van der Waals surface area contributed by atoms with Crippen LogP contribution < -0.4 is 15.8 Å². The molecule has 0 radical (unpaired) electrons. The van der Waals surface area contributed by atoms with E-state index in [4.69, 9.17) is 15.2 Å². The zero-order valence-electron chi connectivity index (χ0n) is 17.9. The van der Waals surface area contributed by atoms with Crippen LogP contribution in [0.5, 0.6) is 5.75 Å². The number of hydrogen-bond donors (Lipinski definition) is 2. The van der Waals surface area contributed by atoms with Crippen molar-refractivity contribution < 1.29 is 14.3 Å². The van der Waals surface area contributed by atoms with Gasteiger partial charge in [-0.3, -0.25) is 4.79 Å². The van der Waals surface area contributed by atoms with Crippen LogP contribution in [0.25, 0.3) is 22.2 Å². The maximum atomic E-state index is 13.0. The molecule has 0 aliphatic carbocycles. The number of nitrogens with one attached hydrogen (secondary N) is 1. The second kappa shape index (κ2) is 9.44. The van der Waals surface area contributed by atoms with E-state index < -0.39 is 0 Å². The molecule has 32 heavy (non-hydrogen) atoms. The molecule has 1 amide bonds. The monoisotopic (exact) mass is 432 g/mol. The Morgan fingerprint density at radius 1 is 1.16 bits per heavy atom. The van der Waals surface area contributed by atoms with Crippen LogP contribution in [-0.2, 0) is 4.74 Å². The number of fused-ring (bicyclic) bond motifs is 2. The second-order valence-electron chi connectivity index (χ2n) is 7.08. The third-order valence-electron chi connectivity index (χ3n) is 4.93. The average molecular weight is 432 g/mol. The molecule has 0 aliphatic rings. The van der Waals surface area contributed by atoms with Gasteiger partial charge in [0.15, 0.2) is 5.65 Å². The second-order valence-corrected chi connectivity index (χ2v) is 7.08. The minimum absolute atomic E-state index is 0.165. The lowest BCUT2D eigenvalue weighted by molar-refractivity contribution is 0.0951. The Labute approximate surface area is 184 Å². The van der Waals surface area contributed by atoms with Gasteiger partial charge < -0.3 is 20.5 Å². The number of nitrogens with zero attached hydrogens (tertiary/aromatic N) is 4. The Kier molecular flexibility index (Phi) is 6.27. The summed E-state index contributed by atoms with van der Waals surface area (Å²) in [6, 6.07) is 14.9. The van der Waals surface area contributed by atoms with Crippen molar-refractivity contribution in [1.29, 1.82) is 0 Å². The van der Waals surface area contributed by atoms with E-state index in [1.54, 1.807) is 20.4 Å². The number of nitrogen functional groups attached to an aromatic ring is 1. The number of anilines is 1. The minimum atomic E-state index is -0.330. The number of nitrogens with two attached hydrogens (primary N) is 1. The van der Waals surface area contributed by atoms with Crippen LogP contribution in [0.4, 0.5) is 5.82 Å². The number of amides is 1. The van der Waals surface area contributed by atoms with E-state index in [1.165, 1.54) is 4.68 Å². The van der Waals surface area contributed by atoms with Gasteiger partial charge in [0.1, 0.15) is 22.6 Å². The van der Waals surface area contributed by atoms with Gasteiger partial charge in [-0.1, -0.05) is 24.3 Å². The number of para-hydroxylation sites is 2. The maximum absolute atomic E-state index is 13.0. The number of aromatic nitrogens is 3. The number of rotatable bonds is 8. The van der Waals surface area contributed by atoms with Crippen molar-refractivity contribution in [1.82, 2.24) is 20.0 Å². The molecule has 0 aliphatic heterocycles. The van der Waals surface area contributed by atoms with E-state index in [9.17, 15) is 4.79 Å². The van der Waals surface area contributed by atoms with Gasteiger partial charge in [0.05, 0.1) is 24.4 Å². The van der Waals surface area contributed by atoms with Gasteiger partial charge in [0, 0.05) is 20.3 Å². The first kappa shape index (κ1) is 21.3. The fourth-order valence-corrected chi connectivity index (χ4v) is 3.34. The highest BCUT2D eigenvalue weighted by molar-refractivity contribution is 6.10. The van der Waals surface area contributed by atoms with Crippen LogP contribution in [0.1, 0.15) is 22.3 Å². The third kappa shape index (κ3) is 4.23. The van der Waals surface area contributed by atoms with Crippen LogP contribution in [-0.4, -0.2) is 54.1 Å². The summed E-state index contributed by atoms with van der Waals surface area (Å²) in [7, 11) is 3.22. The molecule has 0 atom stereocenters. The summed E-state index contributed by atoms with van der Waals surface area (Å²) >= 11 is 0. The quantitative estimate of drug-likeness (QED) is 0.327. The lowest BCUT2D eigenvalue weighted by Gasteiger charge is -2.05. The Bertz CT molecular complexity index is 1300. The average Bonchev–Trinajstić information content (AvgIpc) is 3.09. The molecule has 0 fully saturated rings. The van der Waals surface area contributed by atoms with Crippen LogP contribution in [0.3, 0.4) is 0 Å². The first-order valence-corrected chi connectivity index (χ1v) is 10.1. The normalized spacial score (nSPS) is 11.4. The van der Waals surface area contributed by atoms with Gasteiger partial charge >= 0.3 is 0 Å². The summed E-state index contributed by atoms with van der Waals surface area (Å²) in [5.41, 5.74) is 9.60. The first-order valence-electron chi connectivity index (χ1n) is 10.1. The zero-order chi connectivity index (χ0) is 22.5. The van der Waals surface area contributed by atoms with Gasteiger partial charge in [0.25, 0.3) is 5.91 Å². The van der Waals surface area contributed by atoms with Crippen molar-refractivity contribution in [3.63, 3.8) is 0 Å². The van der Waals surface area contributed by atoms with E-state index in [1.807, 2.05) is 48.5 Å². The van der Waals surface area contributed by atoms with Crippen LogP contribution in [0, 0.1) is 0 Å². The molecule has 2 aromatic heterocycles. The van der Waals surface area contributed by atoms with E-state index in [0.29, 0.717) is 47.5 Å². The first-order chi connectivity index (χ1) is 15.6. The van der Waals surface area contributed by atoms with Gasteiger partial charge in [-0.05, 0) is 36.2 Å². The number of carbonyl (C=O) groups is 1. The van der Waals surface area contributed by atoms with Gasteiger partial charge in [-0.15, -0.1) is 0 Å². The van der Waals surface area contributed by atoms with Gasteiger partial charge in [-0.2, -0.15) is 9.78 Å². The molecule has 2 heterocycles. The molecule has 2 aromatic carbocycles. The van der Waals surface area contributed by atoms with Crippen LogP contribution in [0.2, 0.25) is 0 Å². The predicted octanol–water partition coefficient (Wildman–Crippen LogP) is 2.82. The Balaban J connectivity index is 1.80. The fourth-order valence-electron chi connectivity index (χ4n) is 3.34. The van der Waals surface area contributed by atoms with Crippen molar-refractivity contribution >= 4 is 40.1 Å². The SMILES string of the molecule is COCCCNC(=O)c1c(N)n(N=Cc2cccc(OC)c2)c2nc3ccccc3nc12. The largest absolute Gasteiger partial charge is 0.497 e. The van der Waals surface area contributed by atoms with E-state index in [-0.39, 0.29) is 17.3 Å². The number of methoxy groups -OCH3 is 2. The van der Waals surface area contributed by atoms with Gasteiger partial charge in [0.2, 0.25) is 0 Å². The summed E-state index contributed by atoms with van der Waals surface area (Å²) < 4.78 is 11.7. The Hall–Kier alpha value is -3.98. The minimum Gasteiger partial charge on any atom is -0.497 e. The molecule has 164 valence electrons. The molecule has 0 saturated carbocycles. The van der Waals surface area contributed by atoms with Crippen molar-refractivity contribution in [2.75, 3.05) is 33.1 Å².